The van der Waals surface area contributed by atoms with E-state index in [4.69, 9.17) is 10.8 Å². The fourth-order valence-electron chi connectivity index (χ4n) is 4.45. The van der Waals surface area contributed by atoms with Crippen LogP contribution in [-0.4, -0.2) is 55.7 Å². The standard InChI is InChI=1S/C28H32N8OS/c1-17-6-8-19(32-26(37)27-33-22(15-38-27)28(2,3)4)14-18(17)7-9-21-23-24(29)30-16-31-25(23)36(34-21)20-10-12-35(5)13-11-20/h6,8,14-16,20H,10-13H2,1-5H3,(H,32,37)(H2,29,30,31). The van der Waals surface area contributed by atoms with Crippen molar-refractivity contribution in [2.24, 2.45) is 0 Å². The van der Waals surface area contributed by atoms with E-state index in [1.807, 2.05) is 35.2 Å². The zero-order valence-electron chi connectivity index (χ0n) is 22.4. The van der Waals surface area contributed by atoms with Gasteiger partial charge in [-0.3, -0.25) is 4.79 Å². The fraction of sp³-hybridized carbons (Fsp3) is 0.393. The lowest BCUT2D eigenvalue weighted by Gasteiger charge is -2.29. The minimum absolute atomic E-state index is 0.111. The molecule has 10 heteroatoms. The Morgan fingerprint density at radius 2 is 1.95 bits per heavy atom. The molecule has 4 aromatic rings. The smallest absolute Gasteiger partial charge is 0.284 e. The van der Waals surface area contributed by atoms with E-state index in [0.29, 0.717) is 33.2 Å². The Kier molecular flexibility index (Phi) is 6.90. The first-order chi connectivity index (χ1) is 18.1. The number of hydrogen-bond acceptors (Lipinski definition) is 8. The molecule has 1 aromatic carbocycles. The molecule has 1 aliphatic rings. The van der Waals surface area contributed by atoms with Gasteiger partial charge in [0, 0.05) is 22.0 Å². The lowest BCUT2D eigenvalue weighted by molar-refractivity contribution is 0.102. The van der Waals surface area contributed by atoms with Crippen LogP contribution in [0.2, 0.25) is 0 Å². The van der Waals surface area contributed by atoms with E-state index in [-0.39, 0.29) is 17.4 Å². The molecule has 9 nitrogen and oxygen atoms in total. The molecule has 0 aliphatic carbocycles. The van der Waals surface area contributed by atoms with Crippen molar-refractivity contribution in [1.82, 2.24) is 29.6 Å². The lowest BCUT2D eigenvalue weighted by atomic mass is 9.93. The van der Waals surface area contributed by atoms with E-state index >= 15 is 0 Å². The second-order valence-corrected chi connectivity index (χ2v) is 11.7. The maximum absolute atomic E-state index is 12.8. The zero-order chi connectivity index (χ0) is 27.0. The average molecular weight is 529 g/mol. The van der Waals surface area contributed by atoms with Crippen LogP contribution in [0.15, 0.2) is 29.9 Å². The first-order valence-corrected chi connectivity index (χ1v) is 13.6. The van der Waals surface area contributed by atoms with Crippen LogP contribution in [-0.2, 0) is 5.41 Å². The van der Waals surface area contributed by atoms with Gasteiger partial charge in [-0.15, -0.1) is 11.3 Å². The quantitative estimate of drug-likeness (QED) is 0.379. The summed E-state index contributed by atoms with van der Waals surface area (Å²) in [5.74, 6) is 6.59. The molecule has 0 saturated carbocycles. The van der Waals surface area contributed by atoms with Gasteiger partial charge < -0.3 is 16.0 Å². The Hall–Kier alpha value is -3.81. The summed E-state index contributed by atoms with van der Waals surface area (Å²) >= 11 is 1.35. The van der Waals surface area contributed by atoms with Crippen LogP contribution in [0.3, 0.4) is 0 Å². The molecule has 1 fully saturated rings. The molecule has 0 atom stereocenters. The van der Waals surface area contributed by atoms with Crippen LogP contribution in [0.25, 0.3) is 11.0 Å². The molecule has 4 heterocycles. The second-order valence-electron chi connectivity index (χ2n) is 10.8. The number of nitrogens with zero attached hydrogens (tertiary/aromatic N) is 6. The third-order valence-corrected chi connectivity index (χ3v) is 7.67. The number of aromatic nitrogens is 5. The van der Waals surface area contributed by atoms with Crippen LogP contribution in [0.1, 0.15) is 72.0 Å². The molecule has 196 valence electrons. The van der Waals surface area contributed by atoms with Crippen LogP contribution >= 0.6 is 11.3 Å². The molecule has 3 aromatic heterocycles. The van der Waals surface area contributed by atoms with Crippen molar-refractivity contribution in [3.63, 3.8) is 0 Å². The highest BCUT2D eigenvalue weighted by Crippen LogP contribution is 2.29. The van der Waals surface area contributed by atoms with Gasteiger partial charge in [0.15, 0.2) is 10.7 Å². The number of thiazole rings is 1. The number of nitrogens with one attached hydrogen (secondary N) is 1. The summed E-state index contributed by atoms with van der Waals surface area (Å²) in [4.78, 5) is 28.4. The molecule has 1 amide bonds. The van der Waals surface area contributed by atoms with Gasteiger partial charge in [-0.1, -0.05) is 32.8 Å². The number of likely N-dealkylation sites (tertiary alicyclic amines) is 1. The lowest BCUT2D eigenvalue weighted by Crippen LogP contribution is -2.32. The average Bonchev–Trinajstić information content (AvgIpc) is 3.52. The number of carbonyl (C=O) groups is 1. The fourth-order valence-corrected chi connectivity index (χ4v) is 5.38. The maximum Gasteiger partial charge on any atom is 0.284 e. The van der Waals surface area contributed by atoms with E-state index in [9.17, 15) is 4.79 Å². The van der Waals surface area contributed by atoms with E-state index in [1.54, 1.807) is 0 Å². The molecule has 1 saturated heterocycles. The summed E-state index contributed by atoms with van der Waals surface area (Å²) in [6.07, 6.45) is 3.45. The van der Waals surface area contributed by atoms with Crippen molar-refractivity contribution < 1.29 is 4.79 Å². The van der Waals surface area contributed by atoms with E-state index in [2.05, 4.69) is 64.8 Å². The first-order valence-electron chi connectivity index (χ1n) is 12.7. The number of aryl methyl sites for hydroxylation is 1. The van der Waals surface area contributed by atoms with E-state index < -0.39 is 0 Å². The number of nitrogens with two attached hydrogens (primary N) is 1. The molecule has 0 unspecified atom stereocenters. The number of anilines is 2. The largest absolute Gasteiger partial charge is 0.383 e. The SMILES string of the molecule is Cc1ccc(NC(=O)c2nc(C(C)(C)C)cs2)cc1C#Cc1nn(C2CCN(C)CC2)c2ncnc(N)c12. The van der Waals surface area contributed by atoms with Gasteiger partial charge in [0.1, 0.15) is 17.8 Å². The topological polar surface area (TPSA) is 115 Å². The number of amides is 1. The number of nitrogen functional groups attached to an aromatic ring is 1. The van der Waals surface area contributed by atoms with Gasteiger partial charge in [-0.25, -0.2) is 19.6 Å². The van der Waals surface area contributed by atoms with Crippen molar-refractivity contribution >= 4 is 39.8 Å². The van der Waals surface area contributed by atoms with E-state index in [0.717, 1.165) is 42.8 Å². The summed E-state index contributed by atoms with van der Waals surface area (Å²) < 4.78 is 1.97. The summed E-state index contributed by atoms with van der Waals surface area (Å²) in [6, 6.07) is 5.92. The van der Waals surface area contributed by atoms with Gasteiger partial charge in [0.25, 0.3) is 5.91 Å². The monoisotopic (exact) mass is 528 g/mol. The first kappa shape index (κ1) is 25.8. The Morgan fingerprint density at radius 3 is 2.66 bits per heavy atom. The minimum Gasteiger partial charge on any atom is -0.383 e. The maximum atomic E-state index is 12.8. The predicted molar refractivity (Wildman–Crippen MR) is 151 cm³/mol. The molecule has 1 aliphatic heterocycles. The van der Waals surface area contributed by atoms with Gasteiger partial charge >= 0.3 is 0 Å². The Labute approximate surface area is 226 Å². The van der Waals surface area contributed by atoms with Crippen molar-refractivity contribution in [1.29, 1.82) is 0 Å². The van der Waals surface area contributed by atoms with Gasteiger partial charge in [-0.05, 0) is 63.5 Å². The van der Waals surface area contributed by atoms with Crippen LogP contribution < -0.4 is 11.1 Å². The molecule has 5 rings (SSSR count). The van der Waals surface area contributed by atoms with Gasteiger partial charge in [-0.2, -0.15) is 5.10 Å². The zero-order valence-corrected chi connectivity index (χ0v) is 23.2. The van der Waals surface area contributed by atoms with Crippen LogP contribution in [0.4, 0.5) is 11.5 Å². The summed E-state index contributed by atoms with van der Waals surface area (Å²) in [6.45, 7) is 10.2. The number of piperidine rings is 1. The molecular weight excluding hydrogens is 496 g/mol. The number of carbonyl (C=O) groups excluding carboxylic acids is 1. The third kappa shape index (κ3) is 5.26. The normalized spacial score (nSPS) is 14.9. The number of hydrogen-bond donors (Lipinski definition) is 2. The van der Waals surface area contributed by atoms with Crippen molar-refractivity contribution in [3.8, 4) is 11.8 Å². The summed E-state index contributed by atoms with van der Waals surface area (Å²) in [7, 11) is 2.13. The van der Waals surface area contributed by atoms with Gasteiger partial charge in [0.2, 0.25) is 0 Å². The summed E-state index contributed by atoms with van der Waals surface area (Å²) in [5, 5.41) is 10.8. The molecule has 0 radical (unpaired) electrons. The molecule has 0 bridgehead atoms. The third-order valence-electron chi connectivity index (χ3n) is 6.83. The number of benzene rings is 1. The predicted octanol–water partition coefficient (Wildman–Crippen LogP) is 4.39. The highest BCUT2D eigenvalue weighted by atomic mass is 32.1. The molecule has 38 heavy (non-hydrogen) atoms. The Bertz CT molecular complexity index is 1560. The van der Waals surface area contributed by atoms with Crippen molar-refractivity contribution in [2.45, 2.75) is 52.0 Å². The highest BCUT2D eigenvalue weighted by Gasteiger charge is 2.24. The molecular formula is C28H32N8OS. The Balaban J connectivity index is 1.43. The van der Waals surface area contributed by atoms with E-state index in [1.165, 1.54) is 17.7 Å². The molecule has 0 spiro atoms. The van der Waals surface area contributed by atoms with Crippen LogP contribution in [0, 0.1) is 18.8 Å². The molecule has 3 N–H and O–H groups in total. The van der Waals surface area contributed by atoms with Crippen molar-refractivity contribution in [3.05, 3.63) is 57.4 Å². The Morgan fingerprint density at radius 1 is 1.18 bits per heavy atom. The second kappa shape index (κ2) is 10.2. The van der Waals surface area contributed by atoms with Gasteiger partial charge in [0.05, 0.1) is 17.1 Å². The van der Waals surface area contributed by atoms with Crippen molar-refractivity contribution in [2.75, 3.05) is 31.2 Å². The number of rotatable bonds is 3. The minimum atomic E-state index is -0.235. The number of fused-ring (bicyclic) bond motifs is 1. The van der Waals surface area contributed by atoms with Crippen LogP contribution in [0.5, 0.6) is 0 Å². The highest BCUT2D eigenvalue weighted by molar-refractivity contribution is 7.11. The summed E-state index contributed by atoms with van der Waals surface area (Å²) in [5.41, 5.74) is 10.7.